The zero-order valence-corrected chi connectivity index (χ0v) is 13.2. The summed E-state index contributed by atoms with van der Waals surface area (Å²) in [6.07, 6.45) is 0. The van der Waals surface area contributed by atoms with Gasteiger partial charge in [-0.1, -0.05) is 34.9 Å². The summed E-state index contributed by atoms with van der Waals surface area (Å²) in [7, 11) is 0. The SMILES string of the molecule is CC(C)C(N)c1noc(-c2ccc(Br)cc2Br)n1. The van der Waals surface area contributed by atoms with Gasteiger partial charge in [0.1, 0.15) is 0 Å². The maximum atomic E-state index is 5.99. The molecule has 0 fully saturated rings. The van der Waals surface area contributed by atoms with E-state index in [9.17, 15) is 0 Å². The number of halogens is 2. The summed E-state index contributed by atoms with van der Waals surface area (Å²) >= 11 is 6.87. The Kier molecular flexibility index (Phi) is 4.19. The third-order valence-electron chi connectivity index (χ3n) is 2.62. The molecule has 1 heterocycles. The summed E-state index contributed by atoms with van der Waals surface area (Å²) in [6.45, 7) is 4.05. The van der Waals surface area contributed by atoms with Gasteiger partial charge in [0.05, 0.1) is 11.6 Å². The van der Waals surface area contributed by atoms with E-state index in [0.717, 1.165) is 14.5 Å². The topological polar surface area (TPSA) is 64.9 Å². The van der Waals surface area contributed by atoms with E-state index in [1.807, 2.05) is 32.0 Å². The van der Waals surface area contributed by atoms with Gasteiger partial charge >= 0.3 is 0 Å². The highest BCUT2D eigenvalue weighted by Crippen LogP contribution is 2.30. The number of aromatic nitrogens is 2. The fourth-order valence-corrected chi connectivity index (χ4v) is 2.66. The van der Waals surface area contributed by atoms with Gasteiger partial charge in [0, 0.05) is 8.95 Å². The largest absolute Gasteiger partial charge is 0.334 e. The van der Waals surface area contributed by atoms with E-state index in [2.05, 4.69) is 42.0 Å². The number of hydrogen-bond donors (Lipinski definition) is 1. The first-order valence-electron chi connectivity index (χ1n) is 5.53. The zero-order valence-electron chi connectivity index (χ0n) is 10.0. The maximum Gasteiger partial charge on any atom is 0.259 e. The Morgan fingerprint density at radius 2 is 2.00 bits per heavy atom. The van der Waals surface area contributed by atoms with Crippen molar-refractivity contribution in [3.05, 3.63) is 33.0 Å². The van der Waals surface area contributed by atoms with Crippen molar-refractivity contribution >= 4 is 31.9 Å². The summed E-state index contributed by atoms with van der Waals surface area (Å²) in [4.78, 5) is 4.34. The van der Waals surface area contributed by atoms with Gasteiger partial charge in [0.25, 0.3) is 5.89 Å². The Balaban J connectivity index is 2.35. The maximum absolute atomic E-state index is 5.99. The van der Waals surface area contributed by atoms with Gasteiger partial charge in [0.15, 0.2) is 5.82 Å². The van der Waals surface area contributed by atoms with Gasteiger partial charge in [-0.3, -0.25) is 0 Å². The molecule has 0 amide bonds. The summed E-state index contributed by atoms with van der Waals surface area (Å²) in [5, 5.41) is 3.93. The first-order chi connectivity index (χ1) is 8.49. The van der Waals surface area contributed by atoms with Crippen LogP contribution in [0.4, 0.5) is 0 Å². The van der Waals surface area contributed by atoms with Crippen LogP contribution in [0.1, 0.15) is 25.7 Å². The quantitative estimate of drug-likeness (QED) is 0.884. The van der Waals surface area contributed by atoms with E-state index in [0.29, 0.717) is 11.7 Å². The van der Waals surface area contributed by atoms with Crippen LogP contribution in [0.3, 0.4) is 0 Å². The highest BCUT2D eigenvalue weighted by atomic mass is 79.9. The van der Waals surface area contributed by atoms with Gasteiger partial charge in [0.2, 0.25) is 0 Å². The lowest BCUT2D eigenvalue weighted by molar-refractivity contribution is 0.400. The Hall–Kier alpha value is -0.720. The van der Waals surface area contributed by atoms with Crippen LogP contribution in [0.2, 0.25) is 0 Å². The van der Waals surface area contributed by atoms with Crippen molar-refractivity contribution in [2.45, 2.75) is 19.9 Å². The van der Waals surface area contributed by atoms with E-state index in [4.69, 9.17) is 10.3 Å². The number of nitrogens with two attached hydrogens (primary N) is 1. The van der Waals surface area contributed by atoms with E-state index in [1.165, 1.54) is 0 Å². The molecule has 0 spiro atoms. The minimum atomic E-state index is -0.211. The van der Waals surface area contributed by atoms with Crippen molar-refractivity contribution in [2.24, 2.45) is 11.7 Å². The normalized spacial score (nSPS) is 13.0. The van der Waals surface area contributed by atoms with Crippen LogP contribution >= 0.6 is 31.9 Å². The Labute approximate surface area is 122 Å². The smallest absolute Gasteiger partial charge is 0.259 e. The summed E-state index contributed by atoms with van der Waals surface area (Å²) < 4.78 is 7.13. The Morgan fingerprint density at radius 3 is 2.61 bits per heavy atom. The molecule has 1 aromatic heterocycles. The third-order valence-corrected chi connectivity index (χ3v) is 3.77. The van der Waals surface area contributed by atoms with Gasteiger partial charge < -0.3 is 10.3 Å². The van der Waals surface area contributed by atoms with E-state index in [1.54, 1.807) is 0 Å². The molecule has 0 aliphatic heterocycles. The van der Waals surface area contributed by atoms with Crippen LogP contribution in [0, 0.1) is 5.92 Å². The predicted molar refractivity (Wildman–Crippen MR) is 76.9 cm³/mol. The molecule has 96 valence electrons. The molecule has 0 saturated carbocycles. The molecule has 0 radical (unpaired) electrons. The molecule has 1 unspecified atom stereocenters. The number of nitrogens with zero attached hydrogens (tertiary/aromatic N) is 2. The van der Waals surface area contributed by atoms with Crippen molar-refractivity contribution in [3.8, 4) is 11.5 Å². The molecule has 6 heteroatoms. The number of rotatable bonds is 3. The molecule has 1 atom stereocenters. The minimum absolute atomic E-state index is 0.211. The molecular weight excluding hydrogens is 362 g/mol. The predicted octanol–water partition coefficient (Wildman–Crippen LogP) is 3.92. The van der Waals surface area contributed by atoms with Crippen LogP contribution in [-0.4, -0.2) is 10.1 Å². The monoisotopic (exact) mass is 373 g/mol. The summed E-state index contributed by atoms with van der Waals surface area (Å²) in [5.74, 6) is 1.28. The van der Waals surface area contributed by atoms with Crippen LogP contribution in [0.15, 0.2) is 31.7 Å². The Bertz CT molecular complexity index is 554. The second-order valence-corrected chi connectivity index (χ2v) is 6.12. The zero-order chi connectivity index (χ0) is 13.3. The fourth-order valence-electron chi connectivity index (χ4n) is 1.44. The average molecular weight is 375 g/mol. The van der Waals surface area contributed by atoms with Crippen LogP contribution < -0.4 is 5.73 Å². The molecule has 2 N–H and O–H groups in total. The lowest BCUT2D eigenvalue weighted by Crippen LogP contribution is -2.18. The van der Waals surface area contributed by atoms with Crippen molar-refractivity contribution in [1.29, 1.82) is 0 Å². The first-order valence-corrected chi connectivity index (χ1v) is 7.12. The van der Waals surface area contributed by atoms with Crippen molar-refractivity contribution < 1.29 is 4.52 Å². The molecular formula is C12H13Br2N3O. The molecule has 0 aliphatic carbocycles. The molecule has 1 aromatic carbocycles. The molecule has 0 bridgehead atoms. The van der Waals surface area contributed by atoms with E-state index in [-0.39, 0.29) is 12.0 Å². The van der Waals surface area contributed by atoms with Gasteiger partial charge in [-0.05, 0) is 40.0 Å². The van der Waals surface area contributed by atoms with Crippen LogP contribution in [0.25, 0.3) is 11.5 Å². The van der Waals surface area contributed by atoms with Gasteiger partial charge in [-0.25, -0.2) is 0 Å². The fraction of sp³-hybridized carbons (Fsp3) is 0.333. The molecule has 2 aromatic rings. The molecule has 2 rings (SSSR count). The van der Waals surface area contributed by atoms with Gasteiger partial charge in [-0.2, -0.15) is 4.98 Å². The lowest BCUT2D eigenvalue weighted by atomic mass is 10.1. The van der Waals surface area contributed by atoms with E-state index < -0.39 is 0 Å². The van der Waals surface area contributed by atoms with E-state index >= 15 is 0 Å². The molecule has 4 nitrogen and oxygen atoms in total. The number of benzene rings is 1. The summed E-state index contributed by atoms with van der Waals surface area (Å²) in [6, 6.07) is 5.55. The third kappa shape index (κ3) is 2.81. The second-order valence-electron chi connectivity index (χ2n) is 4.35. The molecule has 0 aliphatic rings. The highest BCUT2D eigenvalue weighted by molar-refractivity contribution is 9.11. The standard InChI is InChI=1S/C12H13Br2N3O/c1-6(2)10(15)11-16-12(18-17-11)8-4-3-7(13)5-9(8)14/h3-6,10H,15H2,1-2H3. The van der Waals surface area contributed by atoms with Crippen molar-refractivity contribution in [1.82, 2.24) is 10.1 Å². The minimum Gasteiger partial charge on any atom is -0.334 e. The summed E-state index contributed by atoms with van der Waals surface area (Å²) in [5.41, 5.74) is 6.84. The highest BCUT2D eigenvalue weighted by Gasteiger charge is 2.19. The molecule has 18 heavy (non-hydrogen) atoms. The van der Waals surface area contributed by atoms with Crippen molar-refractivity contribution in [2.75, 3.05) is 0 Å². The first kappa shape index (κ1) is 13.7. The average Bonchev–Trinajstić information content (AvgIpc) is 2.77. The van der Waals surface area contributed by atoms with Crippen molar-refractivity contribution in [3.63, 3.8) is 0 Å². The van der Waals surface area contributed by atoms with Crippen LogP contribution in [-0.2, 0) is 0 Å². The van der Waals surface area contributed by atoms with Crippen LogP contribution in [0.5, 0.6) is 0 Å². The lowest BCUT2D eigenvalue weighted by Gasteiger charge is -2.09. The second kappa shape index (κ2) is 5.50. The Morgan fingerprint density at radius 1 is 1.28 bits per heavy atom. The number of hydrogen-bond acceptors (Lipinski definition) is 4. The molecule has 0 saturated heterocycles. The van der Waals surface area contributed by atoms with Gasteiger partial charge in [-0.15, -0.1) is 0 Å².